The molecule has 0 atom stereocenters. The Labute approximate surface area is 86.6 Å². The molecule has 2 aliphatic rings. The van der Waals surface area contributed by atoms with Crippen LogP contribution in [0.25, 0.3) is 0 Å². The number of nitrogens with two attached hydrogens (primary N) is 1. The van der Waals surface area contributed by atoms with Crippen LogP contribution in [0.5, 0.6) is 0 Å². The van der Waals surface area contributed by atoms with E-state index in [1.165, 1.54) is 32.2 Å². The molecule has 0 amide bonds. The fourth-order valence-corrected chi connectivity index (χ4v) is 2.36. The molecule has 2 N–H and O–H groups in total. The van der Waals surface area contributed by atoms with Crippen molar-refractivity contribution in [3.8, 4) is 0 Å². The first-order chi connectivity index (χ1) is 6.92. The molecule has 1 saturated carbocycles. The Morgan fingerprint density at radius 1 is 1.07 bits per heavy atom. The molecule has 1 aliphatic carbocycles. The Morgan fingerprint density at radius 3 is 2.29 bits per heavy atom. The first kappa shape index (κ1) is 10.4. The molecule has 2 fully saturated rings. The molecule has 0 aromatic heterocycles. The summed E-state index contributed by atoms with van der Waals surface area (Å²) in [5.41, 5.74) is 5.58. The zero-order valence-electron chi connectivity index (χ0n) is 8.95. The van der Waals surface area contributed by atoms with Crippen molar-refractivity contribution in [2.45, 2.75) is 44.2 Å². The van der Waals surface area contributed by atoms with Gasteiger partial charge in [0.2, 0.25) is 0 Å². The average molecular weight is 198 g/mol. The summed E-state index contributed by atoms with van der Waals surface area (Å²) in [6.45, 7) is 3.94. The summed E-state index contributed by atoms with van der Waals surface area (Å²) in [7, 11) is 0. The highest BCUT2D eigenvalue weighted by Crippen LogP contribution is 2.31. The smallest absolute Gasteiger partial charge is 0.0480 e. The van der Waals surface area contributed by atoms with E-state index in [-0.39, 0.29) is 0 Å². The average Bonchev–Trinajstić information content (AvgIpc) is 3.04. The Bertz CT molecular complexity index is 165. The van der Waals surface area contributed by atoms with Gasteiger partial charge in [-0.2, -0.15) is 0 Å². The van der Waals surface area contributed by atoms with Crippen molar-refractivity contribution < 1.29 is 4.74 Å². The van der Waals surface area contributed by atoms with E-state index >= 15 is 0 Å². The van der Waals surface area contributed by atoms with Crippen LogP contribution in [0, 0.1) is 0 Å². The molecule has 0 bridgehead atoms. The van der Waals surface area contributed by atoms with Crippen molar-refractivity contribution in [2.24, 2.45) is 5.73 Å². The van der Waals surface area contributed by atoms with Crippen LogP contribution in [0.1, 0.15) is 32.1 Å². The molecule has 0 aromatic rings. The molecule has 1 saturated heterocycles. The molecule has 0 spiro atoms. The maximum Gasteiger partial charge on any atom is 0.0480 e. The molecule has 14 heavy (non-hydrogen) atoms. The van der Waals surface area contributed by atoms with Gasteiger partial charge in [0.1, 0.15) is 0 Å². The van der Waals surface area contributed by atoms with Gasteiger partial charge in [-0.05, 0) is 45.2 Å². The van der Waals surface area contributed by atoms with Crippen molar-refractivity contribution in [3.63, 3.8) is 0 Å². The molecular weight excluding hydrogens is 176 g/mol. The molecule has 0 unspecified atom stereocenters. The quantitative estimate of drug-likeness (QED) is 0.715. The molecule has 0 radical (unpaired) electrons. The highest BCUT2D eigenvalue weighted by molar-refractivity contribution is 4.89. The minimum absolute atomic E-state index is 0.780. The SMILES string of the molecule is NCCCN(C1CCOCC1)C1CC1. The summed E-state index contributed by atoms with van der Waals surface area (Å²) >= 11 is 0. The van der Waals surface area contributed by atoms with Crippen LogP contribution in [0.15, 0.2) is 0 Å². The topological polar surface area (TPSA) is 38.5 Å². The summed E-state index contributed by atoms with van der Waals surface area (Å²) in [6, 6.07) is 1.66. The number of ether oxygens (including phenoxy) is 1. The normalized spacial score (nSPS) is 24.4. The molecule has 0 aromatic carbocycles. The minimum atomic E-state index is 0.780. The lowest BCUT2D eigenvalue weighted by atomic mass is 10.1. The minimum Gasteiger partial charge on any atom is -0.381 e. The van der Waals surface area contributed by atoms with E-state index in [9.17, 15) is 0 Å². The van der Waals surface area contributed by atoms with Gasteiger partial charge in [0, 0.05) is 25.3 Å². The first-order valence-electron chi connectivity index (χ1n) is 5.95. The number of hydrogen-bond acceptors (Lipinski definition) is 3. The predicted molar refractivity (Wildman–Crippen MR) is 57.2 cm³/mol. The fourth-order valence-electron chi connectivity index (χ4n) is 2.36. The predicted octanol–water partition coefficient (Wildman–Crippen LogP) is 0.979. The molecule has 3 heteroatoms. The highest BCUT2D eigenvalue weighted by atomic mass is 16.5. The number of rotatable bonds is 5. The van der Waals surface area contributed by atoms with Crippen LogP contribution < -0.4 is 5.73 Å². The first-order valence-corrected chi connectivity index (χ1v) is 5.95. The van der Waals surface area contributed by atoms with Crippen molar-refractivity contribution in [1.29, 1.82) is 0 Å². The highest BCUT2D eigenvalue weighted by Gasteiger charge is 2.33. The van der Waals surface area contributed by atoms with Gasteiger partial charge >= 0.3 is 0 Å². The van der Waals surface area contributed by atoms with Gasteiger partial charge in [-0.25, -0.2) is 0 Å². The van der Waals surface area contributed by atoms with Crippen LogP contribution in [0.3, 0.4) is 0 Å². The van der Waals surface area contributed by atoms with Crippen LogP contribution in [-0.2, 0) is 4.74 Å². The summed E-state index contributed by atoms with van der Waals surface area (Å²) in [5.74, 6) is 0. The van der Waals surface area contributed by atoms with Crippen LogP contribution >= 0.6 is 0 Å². The van der Waals surface area contributed by atoms with Gasteiger partial charge in [0.05, 0.1) is 0 Å². The summed E-state index contributed by atoms with van der Waals surface area (Å²) in [5, 5.41) is 0. The molecule has 1 aliphatic heterocycles. The Kier molecular flexibility index (Phi) is 3.79. The third-order valence-corrected chi connectivity index (χ3v) is 3.30. The van der Waals surface area contributed by atoms with Crippen LogP contribution in [0.4, 0.5) is 0 Å². The van der Waals surface area contributed by atoms with Crippen LogP contribution in [0.2, 0.25) is 0 Å². The maximum absolute atomic E-state index is 5.58. The molecular formula is C11H22N2O. The van der Waals surface area contributed by atoms with E-state index in [1.807, 2.05) is 0 Å². The lowest BCUT2D eigenvalue weighted by Crippen LogP contribution is -2.41. The third kappa shape index (κ3) is 2.69. The van der Waals surface area contributed by atoms with Gasteiger partial charge in [0.15, 0.2) is 0 Å². The van der Waals surface area contributed by atoms with Crippen LogP contribution in [-0.4, -0.2) is 43.3 Å². The summed E-state index contributed by atoms with van der Waals surface area (Å²) in [4.78, 5) is 2.69. The van der Waals surface area contributed by atoms with E-state index in [1.54, 1.807) is 0 Å². The van der Waals surface area contributed by atoms with Gasteiger partial charge in [0.25, 0.3) is 0 Å². The summed E-state index contributed by atoms with van der Waals surface area (Å²) in [6.07, 6.45) is 6.40. The third-order valence-electron chi connectivity index (χ3n) is 3.30. The standard InChI is InChI=1S/C11H22N2O/c12-6-1-7-13(10-2-3-10)11-4-8-14-9-5-11/h10-11H,1-9,12H2. The Hall–Kier alpha value is -0.120. The van der Waals surface area contributed by atoms with E-state index in [4.69, 9.17) is 10.5 Å². The second-order valence-electron chi connectivity index (χ2n) is 4.45. The van der Waals surface area contributed by atoms with Crippen molar-refractivity contribution in [2.75, 3.05) is 26.3 Å². The second kappa shape index (κ2) is 5.10. The summed E-state index contributed by atoms with van der Waals surface area (Å²) < 4.78 is 5.40. The Morgan fingerprint density at radius 2 is 1.71 bits per heavy atom. The van der Waals surface area contributed by atoms with Crippen molar-refractivity contribution >= 4 is 0 Å². The second-order valence-corrected chi connectivity index (χ2v) is 4.45. The molecule has 82 valence electrons. The lowest BCUT2D eigenvalue weighted by Gasteiger charge is -2.34. The van der Waals surface area contributed by atoms with E-state index in [0.29, 0.717) is 0 Å². The maximum atomic E-state index is 5.58. The van der Waals surface area contributed by atoms with Gasteiger partial charge in [-0.15, -0.1) is 0 Å². The molecule has 2 rings (SSSR count). The van der Waals surface area contributed by atoms with E-state index < -0.39 is 0 Å². The zero-order chi connectivity index (χ0) is 9.80. The number of nitrogens with zero attached hydrogens (tertiary/aromatic N) is 1. The fraction of sp³-hybridized carbons (Fsp3) is 1.00. The monoisotopic (exact) mass is 198 g/mol. The Balaban J connectivity index is 1.81. The van der Waals surface area contributed by atoms with Crippen molar-refractivity contribution in [1.82, 2.24) is 4.90 Å². The van der Waals surface area contributed by atoms with Gasteiger partial charge < -0.3 is 10.5 Å². The number of hydrogen-bond donors (Lipinski definition) is 1. The van der Waals surface area contributed by atoms with Gasteiger partial charge in [-0.1, -0.05) is 0 Å². The van der Waals surface area contributed by atoms with E-state index in [0.717, 1.165) is 38.3 Å². The van der Waals surface area contributed by atoms with E-state index in [2.05, 4.69) is 4.90 Å². The van der Waals surface area contributed by atoms with Crippen molar-refractivity contribution in [3.05, 3.63) is 0 Å². The van der Waals surface area contributed by atoms with Gasteiger partial charge in [-0.3, -0.25) is 4.90 Å². The molecule has 3 nitrogen and oxygen atoms in total. The zero-order valence-corrected chi connectivity index (χ0v) is 8.95. The molecule has 1 heterocycles. The lowest BCUT2D eigenvalue weighted by molar-refractivity contribution is 0.0306. The largest absolute Gasteiger partial charge is 0.381 e.